The number of rotatable bonds is 5. The Bertz CT molecular complexity index is 768. The molecule has 9 nitrogen and oxygen atoms in total. The molecule has 0 radical (unpaired) electrons. The predicted octanol–water partition coefficient (Wildman–Crippen LogP) is 1.29. The van der Waals surface area contributed by atoms with Crippen LogP contribution in [0.3, 0.4) is 0 Å². The summed E-state index contributed by atoms with van der Waals surface area (Å²) in [5, 5.41) is 21.5. The third-order valence-corrected chi connectivity index (χ3v) is 4.59. The highest BCUT2D eigenvalue weighted by atomic mass is 16.6. The van der Waals surface area contributed by atoms with Crippen LogP contribution >= 0.6 is 0 Å². The lowest BCUT2D eigenvalue weighted by Gasteiger charge is -2.34. The molecule has 0 spiro atoms. The molecular formula is C16H20N6O3. The first-order valence-corrected chi connectivity index (χ1v) is 8.11. The maximum atomic E-state index is 12.4. The quantitative estimate of drug-likeness (QED) is 0.624. The highest BCUT2D eigenvalue weighted by Gasteiger charge is 2.27. The van der Waals surface area contributed by atoms with Crippen LogP contribution in [0.15, 0.2) is 30.9 Å². The van der Waals surface area contributed by atoms with Gasteiger partial charge in [0.2, 0.25) is 0 Å². The molecule has 25 heavy (non-hydrogen) atoms. The molecule has 1 amide bonds. The van der Waals surface area contributed by atoms with Gasteiger partial charge in [0.25, 0.3) is 11.6 Å². The zero-order valence-electron chi connectivity index (χ0n) is 13.9. The molecule has 0 saturated carbocycles. The van der Waals surface area contributed by atoms with Crippen molar-refractivity contribution in [3.63, 3.8) is 0 Å². The van der Waals surface area contributed by atoms with Gasteiger partial charge in [-0.25, -0.2) is 9.67 Å². The van der Waals surface area contributed by atoms with Gasteiger partial charge in [-0.3, -0.25) is 14.9 Å². The first-order valence-electron chi connectivity index (χ1n) is 8.11. The molecule has 0 bridgehead atoms. The largest absolute Gasteiger partial charge is 0.351 e. The Kier molecular flexibility index (Phi) is 4.75. The maximum absolute atomic E-state index is 12.4. The molecule has 1 aliphatic heterocycles. The molecule has 0 atom stereocenters. The second-order valence-electron chi connectivity index (χ2n) is 6.54. The number of nitrogens with zero attached hydrogens (tertiary/aromatic N) is 4. The van der Waals surface area contributed by atoms with Crippen LogP contribution in [0.1, 0.15) is 30.1 Å². The number of hydrogen-bond acceptors (Lipinski definition) is 6. The van der Waals surface area contributed by atoms with Crippen LogP contribution in [-0.2, 0) is 0 Å². The van der Waals surface area contributed by atoms with Crippen LogP contribution in [-0.4, -0.2) is 45.2 Å². The second kappa shape index (κ2) is 6.98. The minimum Gasteiger partial charge on any atom is -0.351 e. The van der Waals surface area contributed by atoms with Gasteiger partial charge in [0.1, 0.15) is 18.3 Å². The van der Waals surface area contributed by atoms with Gasteiger partial charge in [-0.2, -0.15) is 5.10 Å². The smallest absolute Gasteiger partial charge is 0.295 e. The van der Waals surface area contributed by atoms with Crippen molar-refractivity contribution in [2.75, 3.05) is 19.6 Å². The molecule has 1 aromatic heterocycles. The van der Waals surface area contributed by atoms with Crippen LogP contribution in [0.2, 0.25) is 0 Å². The average molecular weight is 344 g/mol. The molecule has 1 aromatic carbocycles. The van der Waals surface area contributed by atoms with Gasteiger partial charge in [0.05, 0.1) is 4.92 Å². The van der Waals surface area contributed by atoms with E-state index in [0.717, 1.165) is 25.9 Å². The highest BCUT2D eigenvalue weighted by Crippen LogP contribution is 2.27. The SMILES string of the molecule is CC1(CNC(=O)c2ccc(-n3cncn3)c([N+](=O)[O-])c2)CCNCC1. The van der Waals surface area contributed by atoms with Crippen molar-refractivity contribution in [3.05, 3.63) is 46.5 Å². The predicted molar refractivity (Wildman–Crippen MR) is 90.6 cm³/mol. The number of hydrogen-bond donors (Lipinski definition) is 2. The zero-order chi connectivity index (χ0) is 17.9. The van der Waals surface area contributed by atoms with Gasteiger partial charge in [-0.1, -0.05) is 6.92 Å². The number of carbonyl (C=O) groups is 1. The fraction of sp³-hybridized carbons (Fsp3) is 0.438. The number of nitro groups is 1. The second-order valence-corrected chi connectivity index (χ2v) is 6.54. The fourth-order valence-electron chi connectivity index (χ4n) is 2.94. The summed E-state index contributed by atoms with van der Waals surface area (Å²) >= 11 is 0. The van der Waals surface area contributed by atoms with E-state index < -0.39 is 4.92 Å². The number of amides is 1. The molecule has 3 rings (SSSR count). The molecular weight excluding hydrogens is 324 g/mol. The summed E-state index contributed by atoms with van der Waals surface area (Å²) in [4.78, 5) is 27.0. The Hall–Kier alpha value is -2.81. The van der Waals surface area contributed by atoms with E-state index in [2.05, 4.69) is 27.6 Å². The van der Waals surface area contributed by atoms with Crippen molar-refractivity contribution < 1.29 is 9.72 Å². The maximum Gasteiger partial charge on any atom is 0.295 e. The lowest BCUT2D eigenvalue weighted by Crippen LogP contribution is -2.42. The molecule has 1 fully saturated rings. The van der Waals surface area contributed by atoms with Crippen molar-refractivity contribution in [3.8, 4) is 5.69 Å². The summed E-state index contributed by atoms with van der Waals surface area (Å²) in [5.74, 6) is -0.312. The molecule has 2 N–H and O–H groups in total. The normalized spacial score (nSPS) is 16.4. The third kappa shape index (κ3) is 3.82. The topological polar surface area (TPSA) is 115 Å². The van der Waals surface area contributed by atoms with Crippen LogP contribution in [0.5, 0.6) is 0 Å². The van der Waals surface area contributed by atoms with Gasteiger partial charge in [-0.15, -0.1) is 0 Å². The summed E-state index contributed by atoms with van der Waals surface area (Å²) in [6.45, 7) is 4.56. The van der Waals surface area contributed by atoms with Crippen molar-refractivity contribution in [1.29, 1.82) is 0 Å². The number of nitro benzene ring substituents is 1. The van der Waals surface area contributed by atoms with E-state index >= 15 is 0 Å². The van der Waals surface area contributed by atoms with Gasteiger partial charge in [0, 0.05) is 18.2 Å². The Balaban J connectivity index is 1.76. The van der Waals surface area contributed by atoms with Gasteiger partial charge < -0.3 is 10.6 Å². The zero-order valence-corrected chi connectivity index (χ0v) is 13.9. The number of piperidine rings is 1. The van der Waals surface area contributed by atoms with E-state index in [1.54, 1.807) is 6.07 Å². The molecule has 2 heterocycles. The van der Waals surface area contributed by atoms with Crippen LogP contribution in [0.25, 0.3) is 5.69 Å². The summed E-state index contributed by atoms with van der Waals surface area (Å²) in [5.41, 5.74) is 0.386. The minimum absolute atomic E-state index is 0.0491. The van der Waals surface area contributed by atoms with Gasteiger partial charge in [-0.05, 0) is 43.5 Å². The molecule has 0 unspecified atom stereocenters. The van der Waals surface area contributed by atoms with Crippen molar-refractivity contribution in [2.24, 2.45) is 5.41 Å². The van der Waals surface area contributed by atoms with E-state index in [-0.39, 0.29) is 28.3 Å². The van der Waals surface area contributed by atoms with E-state index in [1.807, 2.05) is 0 Å². The van der Waals surface area contributed by atoms with E-state index in [0.29, 0.717) is 6.54 Å². The third-order valence-electron chi connectivity index (χ3n) is 4.59. The van der Waals surface area contributed by atoms with Gasteiger partial charge >= 0.3 is 0 Å². The molecule has 0 aliphatic carbocycles. The van der Waals surface area contributed by atoms with Crippen LogP contribution in [0, 0.1) is 15.5 Å². The number of benzene rings is 1. The number of carbonyl (C=O) groups excluding carboxylic acids is 1. The summed E-state index contributed by atoms with van der Waals surface area (Å²) in [6.07, 6.45) is 4.64. The van der Waals surface area contributed by atoms with E-state index in [9.17, 15) is 14.9 Å². The fourth-order valence-corrected chi connectivity index (χ4v) is 2.94. The Morgan fingerprint density at radius 3 is 2.84 bits per heavy atom. The number of nitrogens with one attached hydrogen (secondary N) is 2. The standard InChI is InChI=1S/C16H20N6O3/c1-16(4-6-17-7-5-16)9-19-15(23)12-2-3-13(14(8-12)22(24)25)21-11-18-10-20-21/h2-3,8,10-11,17H,4-7,9H2,1H3,(H,19,23). The Labute approximate surface area is 144 Å². The molecule has 1 saturated heterocycles. The van der Waals surface area contributed by atoms with Crippen molar-refractivity contribution >= 4 is 11.6 Å². The van der Waals surface area contributed by atoms with Crippen molar-refractivity contribution in [2.45, 2.75) is 19.8 Å². The number of aromatic nitrogens is 3. The first kappa shape index (κ1) is 17.0. The van der Waals surface area contributed by atoms with Crippen molar-refractivity contribution in [1.82, 2.24) is 25.4 Å². The first-order chi connectivity index (χ1) is 12.0. The molecule has 132 valence electrons. The average Bonchev–Trinajstić information content (AvgIpc) is 3.14. The summed E-state index contributed by atoms with van der Waals surface area (Å²) in [6, 6.07) is 4.34. The lowest BCUT2D eigenvalue weighted by atomic mass is 9.81. The van der Waals surface area contributed by atoms with Gasteiger partial charge in [0.15, 0.2) is 0 Å². The minimum atomic E-state index is -0.526. The molecule has 1 aliphatic rings. The Morgan fingerprint density at radius 1 is 1.44 bits per heavy atom. The molecule has 9 heteroatoms. The van der Waals surface area contributed by atoms with Crippen LogP contribution in [0.4, 0.5) is 5.69 Å². The van der Waals surface area contributed by atoms with E-state index in [4.69, 9.17) is 0 Å². The summed E-state index contributed by atoms with van der Waals surface area (Å²) in [7, 11) is 0. The Morgan fingerprint density at radius 2 is 2.20 bits per heavy atom. The highest BCUT2D eigenvalue weighted by molar-refractivity contribution is 5.95. The summed E-state index contributed by atoms with van der Waals surface area (Å²) < 4.78 is 1.30. The lowest BCUT2D eigenvalue weighted by molar-refractivity contribution is -0.384. The van der Waals surface area contributed by atoms with Crippen LogP contribution < -0.4 is 10.6 Å². The molecule has 2 aromatic rings. The monoisotopic (exact) mass is 344 g/mol. The van der Waals surface area contributed by atoms with E-state index in [1.165, 1.54) is 29.5 Å².